The Hall–Kier alpha value is -2.81. The molecule has 0 spiro atoms. The van der Waals surface area contributed by atoms with Crippen LogP contribution in [0, 0.1) is 6.92 Å². The van der Waals surface area contributed by atoms with Crippen molar-refractivity contribution >= 4 is 5.96 Å². The second kappa shape index (κ2) is 11.0. The first-order valence-corrected chi connectivity index (χ1v) is 10.9. The lowest BCUT2D eigenvalue weighted by Gasteiger charge is -2.24. The van der Waals surface area contributed by atoms with E-state index in [4.69, 9.17) is 14.5 Å². The quantitative estimate of drug-likeness (QED) is 0.465. The van der Waals surface area contributed by atoms with E-state index in [0.29, 0.717) is 30.6 Å². The molecule has 2 heterocycles. The van der Waals surface area contributed by atoms with Crippen molar-refractivity contribution in [2.45, 2.75) is 45.8 Å². The first kappa shape index (κ1) is 22.9. The summed E-state index contributed by atoms with van der Waals surface area (Å²) >= 11 is 0. The molecule has 1 aliphatic heterocycles. The van der Waals surface area contributed by atoms with Crippen molar-refractivity contribution in [2.75, 3.05) is 33.9 Å². The number of guanidine groups is 1. The number of nitrogens with zero attached hydrogens (tertiary/aromatic N) is 5. The van der Waals surface area contributed by atoms with Crippen LogP contribution < -0.4 is 20.1 Å². The number of aromatic nitrogens is 3. The second-order valence-electron chi connectivity index (χ2n) is 7.74. The summed E-state index contributed by atoms with van der Waals surface area (Å²) in [6.07, 6.45) is 2.47. The number of aliphatic imine (C=N–C) groups is 1. The molecule has 1 aliphatic rings. The molecule has 1 fully saturated rings. The molecule has 0 aliphatic carbocycles. The van der Waals surface area contributed by atoms with Crippen molar-refractivity contribution < 1.29 is 9.47 Å². The van der Waals surface area contributed by atoms with E-state index >= 15 is 0 Å². The van der Waals surface area contributed by atoms with E-state index in [2.05, 4.69) is 32.7 Å². The van der Waals surface area contributed by atoms with E-state index in [1.54, 1.807) is 14.2 Å². The number of ether oxygens (including phenoxy) is 2. The Balaban J connectivity index is 1.69. The molecular formula is C22H35N7O2. The minimum absolute atomic E-state index is 0.524. The predicted molar refractivity (Wildman–Crippen MR) is 122 cm³/mol. The molecule has 3 rings (SSSR count). The number of hydrogen-bond acceptors (Lipinski definition) is 6. The Morgan fingerprint density at radius 3 is 2.68 bits per heavy atom. The first-order chi connectivity index (χ1) is 15.0. The zero-order valence-electron chi connectivity index (χ0n) is 19.3. The molecule has 1 aromatic carbocycles. The highest BCUT2D eigenvalue weighted by molar-refractivity contribution is 5.79. The van der Waals surface area contributed by atoms with Crippen LogP contribution in [0.3, 0.4) is 0 Å². The molecule has 2 aromatic rings. The monoisotopic (exact) mass is 429 g/mol. The fourth-order valence-corrected chi connectivity index (χ4v) is 3.85. The number of rotatable bonds is 9. The molecule has 1 aromatic heterocycles. The van der Waals surface area contributed by atoms with Gasteiger partial charge in [0, 0.05) is 19.6 Å². The molecule has 1 saturated heterocycles. The highest BCUT2D eigenvalue weighted by atomic mass is 16.5. The minimum Gasteiger partial charge on any atom is -0.493 e. The van der Waals surface area contributed by atoms with Crippen LogP contribution in [0.15, 0.2) is 23.2 Å². The van der Waals surface area contributed by atoms with Crippen molar-refractivity contribution in [3.63, 3.8) is 0 Å². The summed E-state index contributed by atoms with van der Waals surface area (Å²) < 4.78 is 12.7. The van der Waals surface area contributed by atoms with Gasteiger partial charge in [-0.2, -0.15) is 0 Å². The number of methoxy groups -OCH3 is 2. The topological polar surface area (TPSA) is 88.8 Å². The van der Waals surface area contributed by atoms with Crippen LogP contribution in [-0.2, 0) is 20.1 Å². The lowest BCUT2D eigenvalue weighted by molar-refractivity contribution is 0.267. The Morgan fingerprint density at radius 1 is 1.19 bits per heavy atom. The number of benzene rings is 1. The van der Waals surface area contributed by atoms with Gasteiger partial charge in [-0.15, -0.1) is 10.2 Å². The standard InChI is InChI=1S/C22H35N7O2/c1-6-29-11-7-8-18(29)14-24-22(25-15-21-27-26-16(2)28(21)3)23-13-17-9-10-19(30-4)20(12-17)31-5/h9-10,12,18H,6-8,11,13-15H2,1-5H3,(H2,23,24,25). The number of nitrogens with one attached hydrogen (secondary N) is 2. The van der Waals surface area contributed by atoms with E-state index in [0.717, 1.165) is 36.3 Å². The largest absolute Gasteiger partial charge is 0.493 e. The fraction of sp³-hybridized carbons (Fsp3) is 0.591. The molecule has 9 heteroatoms. The second-order valence-corrected chi connectivity index (χ2v) is 7.74. The summed E-state index contributed by atoms with van der Waals surface area (Å²) in [5.74, 6) is 3.94. The molecule has 170 valence electrons. The van der Waals surface area contributed by atoms with Gasteiger partial charge in [0.15, 0.2) is 23.3 Å². The predicted octanol–water partition coefficient (Wildman–Crippen LogP) is 1.86. The fourth-order valence-electron chi connectivity index (χ4n) is 3.85. The van der Waals surface area contributed by atoms with Gasteiger partial charge < -0.3 is 24.7 Å². The van der Waals surface area contributed by atoms with Gasteiger partial charge in [-0.25, -0.2) is 4.99 Å². The molecule has 1 atom stereocenters. The van der Waals surface area contributed by atoms with Gasteiger partial charge in [-0.1, -0.05) is 13.0 Å². The molecular weight excluding hydrogens is 394 g/mol. The maximum Gasteiger partial charge on any atom is 0.192 e. The number of hydrogen-bond donors (Lipinski definition) is 2. The van der Waals surface area contributed by atoms with E-state index in [1.165, 1.54) is 19.4 Å². The van der Waals surface area contributed by atoms with Crippen LogP contribution in [0.25, 0.3) is 0 Å². The van der Waals surface area contributed by atoms with Crippen molar-refractivity contribution in [3.05, 3.63) is 35.4 Å². The van der Waals surface area contributed by atoms with Crippen molar-refractivity contribution in [3.8, 4) is 11.5 Å². The van der Waals surface area contributed by atoms with E-state index in [1.807, 2.05) is 36.7 Å². The normalized spacial score (nSPS) is 17.1. The molecule has 0 saturated carbocycles. The average molecular weight is 430 g/mol. The van der Waals surface area contributed by atoms with Crippen molar-refractivity contribution in [1.29, 1.82) is 0 Å². The summed E-state index contributed by atoms with van der Waals surface area (Å²) in [6.45, 7) is 8.36. The lowest BCUT2D eigenvalue weighted by Crippen LogP contribution is -2.44. The van der Waals surface area contributed by atoms with Crippen LogP contribution in [0.5, 0.6) is 11.5 Å². The molecule has 31 heavy (non-hydrogen) atoms. The Labute approximate surface area is 184 Å². The summed E-state index contributed by atoms with van der Waals surface area (Å²) in [5, 5.41) is 15.3. The van der Waals surface area contributed by atoms with Gasteiger partial charge in [0.2, 0.25) is 0 Å². The molecule has 2 N–H and O–H groups in total. The summed E-state index contributed by atoms with van der Waals surface area (Å²) in [7, 11) is 5.25. The van der Waals surface area contributed by atoms with Crippen LogP contribution in [0.4, 0.5) is 0 Å². The third-order valence-corrected chi connectivity index (χ3v) is 5.87. The van der Waals surface area contributed by atoms with Crippen LogP contribution in [-0.4, -0.2) is 65.5 Å². The minimum atomic E-state index is 0.524. The SMILES string of the molecule is CCN1CCCC1CNC(=NCc1ccc(OC)c(OC)c1)NCc1nnc(C)n1C. The Bertz CT molecular complexity index is 881. The third kappa shape index (κ3) is 5.88. The number of likely N-dealkylation sites (tertiary alicyclic amines) is 1. The zero-order valence-corrected chi connectivity index (χ0v) is 19.3. The summed E-state index contributed by atoms with van der Waals surface area (Å²) in [6, 6.07) is 6.41. The van der Waals surface area contributed by atoms with Gasteiger partial charge in [0.05, 0.1) is 27.3 Å². The molecule has 9 nitrogen and oxygen atoms in total. The summed E-state index contributed by atoms with van der Waals surface area (Å²) in [5.41, 5.74) is 1.05. The van der Waals surface area contributed by atoms with E-state index in [9.17, 15) is 0 Å². The van der Waals surface area contributed by atoms with Gasteiger partial charge in [0.1, 0.15) is 5.82 Å². The smallest absolute Gasteiger partial charge is 0.192 e. The highest BCUT2D eigenvalue weighted by Gasteiger charge is 2.22. The van der Waals surface area contributed by atoms with E-state index < -0.39 is 0 Å². The maximum absolute atomic E-state index is 5.42. The third-order valence-electron chi connectivity index (χ3n) is 5.87. The molecule has 0 radical (unpaired) electrons. The first-order valence-electron chi connectivity index (χ1n) is 10.9. The maximum atomic E-state index is 5.42. The number of aryl methyl sites for hydroxylation is 1. The molecule has 0 amide bonds. The van der Waals surface area contributed by atoms with Gasteiger partial charge >= 0.3 is 0 Å². The van der Waals surface area contributed by atoms with Gasteiger partial charge in [-0.05, 0) is 50.6 Å². The Morgan fingerprint density at radius 2 is 2.00 bits per heavy atom. The average Bonchev–Trinajstić information content (AvgIpc) is 3.39. The van der Waals surface area contributed by atoms with Crippen LogP contribution >= 0.6 is 0 Å². The molecule has 1 unspecified atom stereocenters. The van der Waals surface area contributed by atoms with Gasteiger partial charge in [0.25, 0.3) is 0 Å². The van der Waals surface area contributed by atoms with Crippen molar-refractivity contribution in [1.82, 2.24) is 30.3 Å². The van der Waals surface area contributed by atoms with Gasteiger partial charge in [-0.3, -0.25) is 4.90 Å². The van der Waals surface area contributed by atoms with E-state index in [-0.39, 0.29) is 0 Å². The van der Waals surface area contributed by atoms with Crippen molar-refractivity contribution in [2.24, 2.45) is 12.0 Å². The molecule has 0 bridgehead atoms. The van der Waals surface area contributed by atoms with Crippen LogP contribution in [0.1, 0.15) is 37.0 Å². The van der Waals surface area contributed by atoms with Crippen LogP contribution in [0.2, 0.25) is 0 Å². The number of likely N-dealkylation sites (N-methyl/N-ethyl adjacent to an activating group) is 1. The summed E-state index contributed by atoms with van der Waals surface area (Å²) in [4.78, 5) is 7.33. The Kier molecular flexibility index (Phi) is 8.11. The lowest BCUT2D eigenvalue weighted by atomic mass is 10.2. The zero-order chi connectivity index (χ0) is 22.2. The highest BCUT2D eigenvalue weighted by Crippen LogP contribution is 2.27.